The number of hydrogen-bond acceptors (Lipinski definition) is 4. The van der Waals surface area contributed by atoms with Gasteiger partial charge in [-0.2, -0.15) is 0 Å². The Hall–Kier alpha value is -3.02. The Morgan fingerprint density at radius 1 is 0.714 bits per heavy atom. The summed E-state index contributed by atoms with van der Waals surface area (Å²) < 4.78 is 11.0. The monoisotopic (exact) mass is 382 g/mol. The number of ether oxygens (including phenoxy) is 2. The van der Waals surface area contributed by atoms with Gasteiger partial charge in [0.05, 0.1) is 0 Å². The molecule has 1 aliphatic rings. The molecule has 28 heavy (non-hydrogen) atoms. The molecule has 0 heterocycles. The molecule has 2 atom stereocenters. The number of carbonyl (C=O) groups excluding carboxylic acids is 2. The van der Waals surface area contributed by atoms with Crippen molar-refractivity contribution in [1.82, 2.24) is 10.6 Å². The van der Waals surface area contributed by atoms with Crippen LogP contribution < -0.4 is 20.1 Å². The maximum absolute atomic E-state index is 12.3. The first kappa shape index (κ1) is 19.7. The van der Waals surface area contributed by atoms with Crippen molar-refractivity contribution in [3.63, 3.8) is 0 Å². The largest absolute Gasteiger partial charge is 0.484 e. The predicted molar refractivity (Wildman–Crippen MR) is 106 cm³/mol. The number of para-hydroxylation sites is 2. The number of hydrogen-bond donors (Lipinski definition) is 2. The Morgan fingerprint density at radius 2 is 1.11 bits per heavy atom. The minimum Gasteiger partial charge on any atom is -0.484 e. The van der Waals surface area contributed by atoms with Crippen LogP contribution in [-0.4, -0.2) is 37.1 Å². The fraction of sp³-hybridized carbons (Fsp3) is 0.364. The zero-order valence-corrected chi connectivity index (χ0v) is 15.8. The summed E-state index contributed by atoms with van der Waals surface area (Å²) in [5, 5.41) is 6.00. The van der Waals surface area contributed by atoms with Crippen LogP contribution in [0.4, 0.5) is 0 Å². The molecule has 0 radical (unpaired) electrons. The first-order valence-corrected chi connectivity index (χ1v) is 9.65. The Bertz CT molecular complexity index is 686. The molecule has 1 saturated carbocycles. The topological polar surface area (TPSA) is 76.7 Å². The minimum absolute atomic E-state index is 0.0434. The van der Waals surface area contributed by atoms with Crippen molar-refractivity contribution < 1.29 is 19.1 Å². The van der Waals surface area contributed by atoms with Crippen molar-refractivity contribution in [3.05, 3.63) is 60.7 Å². The van der Waals surface area contributed by atoms with Crippen LogP contribution in [-0.2, 0) is 9.59 Å². The lowest BCUT2D eigenvalue weighted by atomic mass is 9.90. The third-order valence-electron chi connectivity index (χ3n) is 4.68. The quantitative estimate of drug-likeness (QED) is 0.736. The van der Waals surface area contributed by atoms with Gasteiger partial charge in [0, 0.05) is 12.1 Å². The molecule has 2 N–H and O–H groups in total. The van der Waals surface area contributed by atoms with Crippen LogP contribution in [0.3, 0.4) is 0 Å². The van der Waals surface area contributed by atoms with Gasteiger partial charge < -0.3 is 20.1 Å². The smallest absolute Gasteiger partial charge is 0.258 e. The van der Waals surface area contributed by atoms with Gasteiger partial charge in [0.2, 0.25) is 0 Å². The van der Waals surface area contributed by atoms with Gasteiger partial charge in [0.15, 0.2) is 13.2 Å². The molecule has 0 aromatic heterocycles. The molecule has 2 amide bonds. The molecular formula is C22H26N2O4. The zero-order chi connectivity index (χ0) is 19.6. The maximum atomic E-state index is 12.3. The molecule has 1 aliphatic carbocycles. The summed E-state index contributed by atoms with van der Waals surface area (Å²) in [6.45, 7) is -0.0867. The Morgan fingerprint density at radius 3 is 1.50 bits per heavy atom. The van der Waals surface area contributed by atoms with E-state index in [-0.39, 0.29) is 37.1 Å². The third-order valence-corrected chi connectivity index (χ3v) is 4.68. The van der Waals surface area contributed by atoms with Crippen LogP contribution in [0.1, 0.15) is 25.7 Å². The third kappa shape index (κ3) is 6.30. The molecular weight excluding hydrogens is 356 g/mol. The van der Waals surface area contributed by atoms with Crippen molar-refractivity contribution in [1.29, 1.82) is 0 Å². The molecule has 3 rings (SSSR count). The summed E-state index contributed by atoms with van der Waals surface area (Å²) >= 11 is 0. The second-order valence-corrected chi connectivity index (χ2v) is 6.84. The summed E-state index contributed by atoms with van der Waals surface area (Å²) in [6.07, 6.45) is 3.72. The van der Waals surface area contributed by atoms with E-state index in [9.17, 15) is 9.59 Å². The lowest BCUT2D eigenvalue weighted by molar-refractivity contribution is -0.127. The summed E-state index contributed by atoms with van der Waals surface area (Å²) in [5.41, 5.74) is 0. The average molecular weight is 382 g/mol. The average Bonchev–Trinajstić information content (AvgIpc) is 2.74. The summed E-state index contributed by atoms with van der Waals surface area (Å²) in [4.78, 5) is 24.5. The molecule has 0 aliphatic heterocycles. The fourth-order valence-electron chi connectivity index (χ4n) is 3.30. The second-order valence-electron chi connectivity index (χ2n) is 6.84. The summed E-state index contributed by atoms with van der Waals surface area (Å²) in [7, 11) is 0. The number of benzene rings is 2. The van der Waals surface area contributed by atoms with Crippen LogP contribution in [0, 0.1) is 0 Å². The van der Waals surface area contributed by atoms with Gasteiger partial charge in [-0.05, 0) is 37.1 Å². The van der Waals surface area contributed by atoms with Crippen molar-refractivity contribution in [2.24, 2.45) is 0 Å². The van der Waals surface area contributed by atoms with Crippen molar-refractivity contribution in [2.75, 3.05) is 13.2 Å². The van der Waals surface area contributed by atoms with E-state index in [0.717, 1.165) is 25.7 Å². The second kappa shape index (κ2) is 10.3. The standard InChI is InChI=1S/C22H26N2O4/c25-21(15-27-17-9-3-1-4-10-17)23-19-13-7-8-14-20(19)24-22(26)16-28-18-11-5-2-6-12-18/h1-6,9-12,19-20H,7-8,13-16H2,(H,23,25)(H,24,26)/t19-,20-/m1/s1. The molecule has 1 fully saturated rings. The summed E-state index contributed by atoms with van der Waals surface area (Å²) in [5.74, 6) is 0.944. The Labute approximate surface area is 165 Å². The lowest BCUT2D eigenvalue weighted by Crippen LogP contribution is -2.54. The highest BCUT2D eigenvalue weighted by Crippen LogP contribution is 2.19. The Balaban J connectivity index is 1.45. The normalized spacial score (nSPS) is 18.7. The predicted octanol–water partition coefficient (Wildman–Crippen LogP) is 2.69. The number of nitrogens with one attached hydrogen (secondary N) is 2. The molecule has 0 bridgehead atoms. The van der Waals surface area contributed by atoms with E-state index in [4.69, 9.17) is 9.47 Å². The van der Waals surface area contributed by atoms with Gasteiger partial charge in [-0.1, -0.05) is 49.2 Å². The first-order valence-electron chi connectivity index (χ1n) is 9.65. The molecule has 148 valence electrons. The fourth-order valence-corrected chi connectivity index (χ4v) is 3.30. The van der Waals surface area contributed by atoms with Crippen LogP contribution in [0.25, 0.3) is 0 Å². The lowest BCUT2D eigenvalue weighted by Gasteiger charge is -2.32. The molecule has 0 unspecified atom stereocenters. The SMILES string of the molecule is O=C(COc1ccccc1)N[C@@H]1CCCC[C@H]1NC(=O)COc1ccccc1. The number of rotatable bonds is 8. The zero-order valence-electron chi connectivity index (χ0n) is 15.8. The van der Waals surface area contributed by atoms with Gasteiger partial charge in [0.25, 0.3) is 11.8 Å². The van der Waals surface area contributed by atoms with Crippen LogP contribution in [0.2, 0.25) is 0 Å². The van der Waals surface area contributed by atoms with E-state index < -0.39 is 0 Å². The van der Waals surface area contributed by atoms with E-state index in [2.05, 4.69) is 10.6 Å². The van der Waals surface area contributed by atoms with Crippen molar-refractivity contribution in [2.45, 2.75) is 37.8 Å². The van der Waals surface area contributed by atoms with Gasteiger partial charge in [-0.25, -0.2) is 0 Å². The van der Waals surface area contributed by atoms with Gasteiger partial charge in [-0.3, -0.25) is 9.59 Å². The van der Waals surface area contributed by atoms with Crippen molar-refractivity contribution in [3.8, 4) is 11.5 Å². The molecule has 2 aromatic rings. The number of carbonyl (C=O) groups is 2. The van der Waals surface area contributed by atoms with Crippen LogP contribution >= 0.6 is 0 Å². The molecule has 0 spiro atoms. The molecule has 6 nitrogen and oxygen atoms in total. The maximum Gasteiger partial charge on any atom is 0.258 e. The molecule has 6 heteroatoms. The first-order chi connectivity index (χ1) is 13.7. The van der Waals surface area contributed by atoms with Gasteiger partial charge in [0.1, 0.15) is 11.5 Å². The molecule has 2 aromatic carbocycles. The van der Waals surface area contributed by atoms with E-state index in [1.807, 2.05) is 60.7 Å². The minimum atomic E-state index is -0.185. The molecule has 0 saturated heterocycles. The van der Waals surface area contributed by atoms with E-state index in [0.29, 0.717) is 11.5 Å². The highest BCUT2D eigenvalue weighted by Gasteiger charge is 2.28. The van der Waals surface area contributed by atoms with E-state index >= 15 is 0 Å². The van der Waals surface area contributed by atoms with Crippen molar-refractivity contribution >= 4 is 11.8 Å². The number of amides is 2. The summed E-state index contributed by atoms with van der Waals surface area (Å²) in [6, 6.07) is 18.3. The van der Waals surface area contributed by atoms with Crippen LogP contribution in [0.5, 0.6) is 11.5 Å². The van der Waals surface area contributed by atoms with Gasteiger partial charge in [-0.15, -0.1) is 0 Å². The highest BCUT2D eigenvalue weighted by molar-refractivity contribution is 5.79. The van der Waals surface area contributed by atoms with Gasteiger partial charge >= 0.3 is 0 Å². The highest BCUT2D eigenvalue weighted by atomic mass is 16.5. The van der Waals surface area contributed by atoms with E-state index in [1.165, 1.54) is 0 Å². The Kier molecular flexibility index (Phi) is 7.29. The van der Waals surface area contributed by atoms with Crippen LogP contribution in [0.15, 0.2) is 60.7 Å². The van der Waals surface area contributed by atoms with E-state index in [1.54, 1.807) is 0 Å².